The predicted molar refractivity (Wildman–Crippen MR) is 79.4 cm³/mol. The van der Waals surface area contributed by atoms with Gasteiger partial charge in [-0.3, -0.25) is 0 Å². The highest BCUT2D eigenvalue weighted by molar-refractivity contribution is 9.10. The molecule has 3 heteroatoms. The zero-order chi connectivity index (χ0) is 13.1. The topological polar surface area (TPSA) is 9.23 Å². The van der Waals surface area contributed by atoms with Crippen molar-refractivity contribution >= 4 is 27.5 Å². The second-order valence-corrected chi connectivity index (χ2v) is 5.58. The van der Waals surface area contributed by atoms with Gasteiger partial charge in [0, 0.05) is 9.50 Å². The number of benzene rings is 2. The van der Waals surface area contributed by atoms with Crippen LogP contribution in [0.1, 0.15) is 16.7 Å². The van der Waals surface area contributed by atoms with Crippen LogP contribution < -0.4 is 4.74 Å². The van der Waals surface area contributed by atoms with Crippen molar-refractivity contribution in [2.45, 2.75) is 20.5 Å². The van der Waals surface area contributed by atoms with E-state index in [1.54, 1.807) is 0 Å². The van der Waals surface area contributed by atoms with Crippen LogP contribution in [-0.2, 0) is 6.61 Å². The summed E-state index contributed by atoms with van der Waals surface area (Å²) in [6, 6.07) is 12.0. The zero-order valence-corrected chi connectivity index (χ0v) is 12.7. The molecule has 94 valence electrons. The predicted octanol–water partition coefficient (Wildman–Crippen LogP) is 5.30. The van der Waals surface area contributed by atoms with Crippen LogP contribution in [0.3, 0.4) is 0 Å². The number of hydrogen-bond donors (Lipinski definition) is 0. The van der Waals surface area contributed by atoms with Crippen LogP contribution >= 0.6 is 27.5 Å². The maximum Gasteiger partial charge on any atom is 0.120 e. The summed E-state index contributed by atoms with van der Waals surface area (Å²) < 4.78 is 6.85. The van der Waals surface area contributed by atoms with E-state index >= 15 is 0 Å². The number of rotatable bonds is 3. The summed E-state index contributed by atoms with van der Waals surface area (Å²) in [6.45, 7) is 4.53. The molecule has 0 aliphatic carbocycles. The maximum atomic E-state index is 6.13. The summed E-state index contributed by atoms with van der Waals surface area (Å²) in [5.41, 5.74) is 3.22. The van der Waals surface area contributed by atoms with E-state index in [1.165, 1.54) is 0 Å². The molecule has 2 aromatic carbocycles. The minimum absolute atomic E-state index is 0.556. The van der Waals surface area contributed by atoms with Crippen LogP contribution in [0, 0.1) is 13.8 Å². The Bertz CT molecular complexity index is 543. The average molecular weight is 326 g/mol. The van der Waals surface area contributed by atoms with E-state index in [1.807, 2.05) is 44.2 Å². The monoisotopic (exact) mass is 324 g/mol. The largest absolute Gasteiger partial charge is 0.489 e. The molecule has 0 amide bonds. The lowest BCUT2D eigenvalue weighted by atomic mass is 10.1. The van der Waals surface area contributed by atoms with E-state index in [4.69, 9.17) is 16.3 Å². The smallest absolute Gasteiger partial charge is 0.120 e. The summed E-state index contributed by atoms with van der Waals surface area (Å²) in [4.78, 5) is 0. The minimum Gasteiger partial charge on any atom is -0.489 e. The Morgan fingerprint density at radius 3 is 2.39 bits per heavy atom. The Morgan fingerprint density at radius 2 is 1.78 bits per heavy atom. The SMILES string of the molecule is Cc1cc(OCc2cccc(Br)c2)cc(C)c1Cl. The van der Waals surface area contributed by atoms with Gasteiger partial charge in [0.15, 0.2) is 0 Å². The Morgan fingerprint density at radius 1 is 1.11 bits per heavy atom. The fraction of sp³-hybridized carbons (Fsp3) is 0.200. The fourth-order valence-corrected chi connectivity index (χ4v) is 2.34. The summed E-state index contributed by atoms with van der Waals surface area (Å²) in [5, 5.41) is 0.810. The molecule has 0 atom stereocenters. The summed E-state index contributed by atoms with van der Waals surface area (Å²) >= 11 is 9.57. The molecule has 1 nitrogen and oxygen atoms in total. The first kappa shape index (κ1) is 13.4. The first-order chi connectivity index (χ1) is 8.56. The van der Waals surface area contributed by atoms with Crippen LogP contribution in [0.5, 0.6) is 5.75 Å². The lowest BCUT2D eigenvalue weighted by Crippen LogP contribution is -1.96. The summed E-state index contributed by atoms with van der Waals surface area (Å²) in [7, 11) is 0. The third-order valence-corrected chi connectivity index (χ3v) is 3.79. The third-order valence-electron chi connectivity index (χ3n) is 2.70. The average Bonchev–Trinajstić information content (AvgIpc) is 2.33. The van der Waals surface area contributed by atoms with Gasteiger partial charge in [-0.1, -0.05) is 39.7 Å². The van der Waals surface area contributed by atoms with E-state index < -0.39 is 0 Å². The molecule has 0 N–H and O–H groups in total. The molecule has 0 aliphatic rings. The molecule has 0 spiro atoms. The molecule has 0 bridgehead atoms. The van der Waals surface area contributed by atoms with Crippen LogP contribution in [0.2, 0.25) is 5.02 Å². The van der Waals surface area contributed by atoms with Crippen LogP contribution in [0.4, 0.5) is 0 Å². The van der Waals surface area contributed by atoms with E-state index in [2.05, 4.69) is 22.0 Å². The van der Waals surface area contributed by atoms with Gasteiger partial charge in [0.1, 0.15) is 12.4 Å². The highest BCUT2D eigenvalue weighted by Crippen LogP contribution is 2.26. The van der Waals surface area contributed by atoms with Gasteiger partial charge in [0.05, 0.1) is 0 Å². The van der Waals surface area contributed by atoms with Crippen molar-refractivity contribution in [3.8, 4) is 5.75 Å². The van der Waals surface area contributed by atoms with Crippen molar-refractivity contribution in [2.75, 3.05) is 0 Å². The molecule has 0 radical (unpaired) electrons. The Kier molecular flexibility index (Phi) is 4.31. The summed E-state index contributed by atoms with van der Waals surface area (Å²) in [6.07, 6.45) is 0. The second kappa shape index (κ2) is 5.77. The molecule has 0 saturated carbocycles. The van der Waals surface area contributed by atoms with Crippen LogP contribution in [0.15, 0.2) is 40.9 Å². The maximum absolute atomic E-state index is 6.13. The standard InChI is InChI=1S/C15H14BrClO/c1-10-6-14(7-11(2)15(10)17)18-9-12-4-3-5-13(16)8-12/h3-8H,9H2,1-2H3. The molecular weight excluding hydrogens is 312 g/mol. The molecule has 0 aliphatic heterocycles. The van der Waals surface area contributed by atoms with Gasteiger partial charge in [-0.2, -0.15) is 0 Å². The Hall–Kier alpha value is -0.990. The number of halogens is 2. The number of aryl methyl sites for hydroxylation is 2. The van der Waals surface area contributed by atoms with E-state index in [0.717, 1.165) is 31.9 Å². The molecule has 2 rings (SSSR count). The van der Waals surface area contributed by atoms with Gasteiger partial charge in [0.25, 0.3) is 0 Å². The minimum atomic E-state index is 0.556. The molecule has 2 aromatic rings. The third kappa shape index (κ3) is 3.27. The van der Waals surface area contributed by atoms with Gasteiger partial charge in [-0.15, -0.1) is 0 Å². The molecule has 0 fully saturated rings. The van der Waals surface area contributed by atoms with Gasteiger partial charge in [-0.05, 0) is 54.8 Å². The van der Waals surface area contributed by atoms with Gasteiger partial charge < -0.3 is 4.74 Å². The van der Waals surface area contributed by atoms with Crippen molar-refractivity contribution in [3.63, 3.8) is 0 Å². The van der Waals surface area contributed by atoms with Gasteiger partial charge in [0.2, 0.25) is 0 Å². The Labute approximate surface area is 121 Å². The van der Waals surface area contributed by atoms with E-state index in [9.17, 15) is 0 Å². The van der Waals surface area contributed by atoms with Crippen molar-refractivity contribution in [1.82, 2.24) is 0 Å². The van der Waals surface area contributed by atoms with Crippen molar-refractivity contribution in [3.05, 3.63) is 62.6 Å². The molecule has 18 heavy (non-hydrogen) atoms. The van der Waals surface area contributed by atoms with E-state index in [0.29, 0.717) is 6.61 Å². The molecule has 0 unspecified atom stereocenters. The lowest BCUT2D eigenvalue weighted by Gasteiger charge is -2.10. The van der Waals surface area contributed by atoms with Crippen molar-refractivity contribution in [2.24, 2.45) is 0 Å². The van der Waals surface area contributed by atoms with E-state index in [-0.39, 0.29) is 0 Å². The highest BCUT2D eigenvalue weighted by atomic mass is 79.9. The second-order valence-electron chi connectivity index (χ2n) is 4.29. The van der Waals surface area contributed by atoms with Crippen LogP contribution in [0.25, 0.3) is 0 Å². The lowest BCUT2D eigenvalue weighted by molar-refractivity contribution is 0.306. The summed E-state index contributed by atoms with van der Waals surface area (Å²) in [5.74, 6) is 0.856. The van der Waals surface area contributed by atoms with Gasteiger partial charge in [-0.25, -0.2) is 0 Å². The normalized spacial score (nSPS) is 10.4. The molecule has 0 saturated heterocycles. The molecule has 0 heterocycles. The van der Waals surface area contributed by atoms with Gasteiger partial charge >= 0.3 is 0 Å². The molecule has 0 aromatic heterocycles. The Balaban J connectivity index is 2.11. The first-order valence-electron chi connectivity index (χ1n) is 5.70. The quantitative estimate of drug-likeness (QED) is 0.744. The number of ether oxygens (including phenoxy) is 1. The van der Waals surface area contributed by atoms with Crippen molar-refractivity contribution in [1.29, 1.82) is 0 Å². The number of hydrogen-bond acceptors (Lipinski definition) is 1. The zero-order valence-electron chi connectivity index (χ0n) is 10.3. The fourth-order valence-electron chi connectivity index (χ4n) is 1.78. The highest BCUT2D eigenvalue weighted by Gasteiger charge is 2.04. The molecular formula is C15H14BrClO. The first-order valence-corrected chi connectivity index (χ1v) is 6.87. The van der Waals surface area contributed by atoms with Crippen molar-refractivity contribution < 1.29 is 4.74 Å². The van der Waals surface area contributed by atoms with Crippen LogP contribution in [-0.4, -0.2) is 0 Å².